The molecule has 0 atom stereocenters. The van der Waals surface area contributed by atoms with Gasteiger partial charge in [-0.25, -0.2) is 4.39 Å². The summed E-state index contributed by atoms with van der Waals surface area (Å²) in [6.45, 7) is 1.78. The van der Waals surface area contributed by atoms with Gasteiger partial charge in [-0.15, -0.1) is 11.6 Å². The molecule has 0 aromatic heterocycles. The van der Waals surface area contributed by atoms with Crippen LogP contribution in [0.25, 0.3) is 0 Å². The van der Waals surface area contributed by atoms with Crippen LogP contribution >= 0.6 is 11.6 Å². The van der Waals surface area contributed by atoms with Gasteiger partial charge in [-0.1, -0.05) is 6.07 Å². The van der Waals surface area contributed by atoms with Gasteiger partial charge in [0.05, 0.1) is 18.0 Å². The molecule has 1 aromatic rings. The molecule has 0 saturated carbocycles. The minimum Gasteiger partial charge on any atom is -0.323 e. The number of rotatable bonds is 4. The minimum atomic E-state index is -0.560. The summed E-state index contributed by atoms with van der Waals surface area (Å²) < 4.78 is 13.2. The Balaban J connectivity index is 2.69. The first-order valence-electron chi connectivity index (χ1n) is 4.66. The lowest BCUT2D eigenvalue weighted by Gasteiger charge is -2.06. The number of nitrogens with one attached hydrogen (secondary N) is 1. The molecule has 1 amide bonds. The molecule has 0 aliphatic carbocycles. The van der Waals surface area contributed by atoms with E-state index in [4.69, 9.17) is 11.6 Å². The predicted octanol–water partition coefficient (Wildman–Crippen LogP) is 2.27. The number of amides is 1. The summed E-state index contributed by atoms with van der Waals surface area (Å²) in [4.78, 5) is 22.2. The second kappa shape index (κ2) is 5.61. The Morgan fingerprint density at radius 3 is 2.75 bits per heavy atom. The molecule has 0 radical (unpaired) electrons. The summed E-state index contributed by atoms with van der Waals surface area (Å²) in [5.41, 5.74) is 0.896. The van der Waals surface area contributed by atoms with E-state index in [2.05, 4.69) is 5.32 Å². The maximum Gasteiger partial charge on any atom is 0.231 e. The lowest BCUT2D eigenvalue weighted by molar-refractivity contribution is -0.124. The summed E-state index contributed by atoms with van der Waals surface area (Å²) in [6, 6.07) is 4.35. The zero-order valence-corrected chi connectivity index (χ0v) is 9.47. The van der Waals surface area contributed by atoms with Crippen molar-refractivity contribution < 1.29 is 14.0 Å². The van der Waals surface area contributed by atoms with Gasteiger partial charge in [0.2, 0.25) is 5.91 Å². The number of hydrogen-bond acceptors (Lipinski definition) is 2. The van der Waals surface area contributed by atoms with Crippen LogP contribution in [0.5, 0.6) is 0 Å². The van der Waals surface area contributed by atoms with Crippen molar-refractivity contribution >= 4 is 29.0 Å². The van der Waals surface area contributed by atoms with Crippen molar-refractivity contribution in [3.8, 4) is 0 Å². The van der Waals surface area contributed by atoms with Crippen LogP contribution in [0.4, 0.5) is 10.1 Å². The fourth-order valence-corrected chi connectivity index (χ4v) is 1.25. The highest BCUT2D eigenvalue weighted by atomic mass is 35.5. The molecule has 1 rings (SSSR count). The van der Waals surface area contributed by atoms with Crippen molar-refractivity contribution in [2.75, 3.05) is 11.2 Å². The molecule has 1 N–H and O–H groups in total. The summed E-state index contributed by atoms with van der Waals surface area (Å²) >= 11 is 5.25. The summed E-state index contributed by atoms with van der Waals surface area (Å²) in [5, 5.41) is 2.32. The van der Waals surface area contributed by atoms with Crippen molar-refractivity contribution in [1.29, 1.82) is 0 Å². The van der Waals surface area contributed by atoms with Gasteiger partial charge in [0.25, 0.3) is 0 Å². The van der Waals surface area contributed by atoms with Gasteiger partial charge >= 0.3 is 0 Å². The smallest absolute Gasteiger partial charge is 0.231 e. The molecular weight excluding hydrogens is 233 g/mol. The summed E-state index contributed by atoms with van der Waals surface area (Å²) in [5.74, 6) is -1.70. The van der Waals surface area contributed by atoms with Gasteiger partial charge in [-0.3, -0.25) is 9.59 Å². The third kappa shape index (κ3) is 3.62. The first-order valence-corrected chi connectivity index (χ1v) is 5.20. The molecule has 0 aliphatic rings. The fourth-order valence-electron chi connectivity index (χ4n) is 1.16. The van der Waals surface area contributed by atoms with E-state index in [9.17, 15) is 14.0 Å². The number of alkyl halides is 1. The summed E-state index contributed by atoms with van der Waals surface area (Å²) in [6.07, 6.45) is -0.336. The zero-order chi connectivity index (χ0) is 12.1. The Labute approximate surface area is 97.6 Å². The molecule has 0 spiro atoms. The normalized spacial score (nSPS) is 9.94. The monoisotopic (exact) mass is 243 g/mol. The number of ketones is 1. The van der Waals surface area contributed by atoms with Crippen molar-refractivity contribution in [2.24, 2.45) is 0 Å². The quantitative estimate of drug-likeness (QED) is 0.651. The van der Waals surface area contributed by atoms with Crippen LogP contribution in [-0.4, -0.2) is 17.6 Å². The van der Waals surface area contributed by atoms with E-state index in [1.807, 2.05) is 0 Å². The highest BCUT2D eigenvalue weighted by molar-refractivity contribution is 6.29. The van der Waals surface area contributed by atoms with E-state index in [0.29, 0.717) is 0 Å². The van der Waals surface area contributed by atoms with Gasteiger partial charge < -0.3 is 5.32 Å². The SMILES string of the molecule is Cc1ccc(F)c(NC(=O)CC(=O)CCl)c1. The van der Waals surface area contributed by atoms with E-state index in [0.717, 1.165) is 5.56 Å². The van der Waals surface area contributed by atoms with Gasteiger partial charge in [0.1, 0.15) is 5.82 Å². The molecule has 0 unspecified atom stereocenters. The molecule has 3 nitrogen and oxygen atoms in total. The molecule has 0 bridgehead atoms. The molecule has 16 heavy (non-hydrogen) atoms. The number of Topliss-reactive ketones (excluding diaryl/α,β-unsaturated/α-hetero) is 1. The Bertz CT molecular complexity index is 420. The average Bonchev–Trinajstić information content (AvgIpc) is 2.23. The first kappa shape index (κ1) is 12.6. The Morgan fingerprint density at radius 1 is 1.44 bits per heavy atom. The number of anilines is 1. The summed E-state index contributed by atoms with van der Waals surface area (Å²) in [7, 11) is 0. The van der Waals surface area contributed by atoms with Crippen molar-refractivity contribution in [1.82, 2.24) is 0 Å². The van der Waals surface area contributed by atoms with Gasteiger partial charge in [0, 0.05) is 0 Å². The largest absolute Gasteiger partial charge is 0.323 e. The van der Waals surface area contributed by atoms with E-state index >= 15 is 0 Å². The lowest BCUT2D eigenvalue weighted by Crippen LogP contribution is -2.17. The van der Waals surface area contributed by atoms with Crippen LogP contribution in [0.15, 0.2) is 18.2 Å². The third-order valence-corrected chi connectivity index (χ3v) is 2.20. The highest BCUT2D eigenvalue weighted by Crippen LogP contribution is 2.15. The lowest BCUT2D eigenvalue weighted by atomic mass is 10.2. The van der Waals surface area contributed by atoms with Gasteiger partial charge in [-0.2, -0.15) is 0 Å². The molecule has 0 heterocycles. The molecule has 1 aromatic carbocycles. The van der Waals surface area contributed by atoms with E-state index in [-0.39, 0.29) is 18.0 Å². The average molecular weight is 244 g/mol. The number of carbonyl (C=O) groups excluding carboxylic acids is 2. The number of carbonyl (C=O) groups is 2. The van der Waals surface area contributed by atoms with E-state index in [1.54, 1.807) is 13.0 Å². The van der Waals surface area contributed by atoms with Crippen molar-refractivity contribution in [2.45, 2.75) is 13.3 Å². The van der Waals surface area contributed by atoms with E-state index < -0.39 is 17.5 Å². The van der Waals surface area contributed by atoms with Crippen LogP contribution in [-0.2, 0) is 9.59 Å². The Morgan fingerprint density at radius 2 is 2.12 bits per heavy atom. The number of halogens is 2. The highest BCUT2D eigenvalue weighted by Gasteiger charge is 2.10. The van der Waals surface area contributed by atoms with Crippen LogP contribution in [0.2, 0.25) is 0 Å². The van der Waals surface area contributed by atoms with Gasteiger partial charge in [0.15, 0.2) is 5.78 Å². The second-order valence-electron chi connectivity index (χ2n) is 3.38. The molecule has 0 fully saturated rings. The molecule has 5 heteroatoms. The third-order valence-electron chi connectivity index (χ3n) is 1.90. The van der Waals surface area contributed by atoms with Crippen LogP contribution in [0.3, 0.4) is 0 Å². The van der Waals surface area contributed by atoms with Gasteiger partial charge in [-0.05, 0) is 24.6 Å². The van der Waals surface area contributed by atoms with Crippen LogP contribution < -0.4 is 5.32 Å². The maximum atomic E-state index is 13.2. The molecule has 0 saturated heterocycles. The Kier molecular flexibility index (Phi) is 4.43. The molecule has 0 aliphatic heterocycles. The van der Waals surface area contributed by atoms with E-state index in [1.165, 1.54) is 12.1 Å². The Hall–Kier alpha value is -1.42. The van der Waals surface area contributed by atoms with Crippen LogP contribution in [0, 0.1) is 12.7 Å². The standard InChI is InChI=1S/C11H11ClFNO2/c1-7-2-3-9(13)10(4-7)14-11(16)5-8(15)6-12/h2-4H,5-6H2,1H3,(H,14,16). The first-order chi connectivity index (χ1) is 7.52. The molecule has 86 valence electrons. The maximum absolute atomic E-state index is 13.2. The second-order valence-corrected chi connectivity index (χ2v) is 3.65. The predicted molar refractivity (Wildman–Crippen MR) is 60.1 cm³/mol. The van der Waals surface area contributed by atoms with Crippen molar-refractivity contribution in [3.05, 3.63) is 29.6 Å². The number of hydrogen-bond donors (Lipinski definition) is 1. The zero-order valence-electron chi connectivity index (χ0n) is 8.72. The fraction of sp³-hybridized carbons (Fsp3) is 0.273. The number of aryl methyl sites for hydroxylation is 1. The molecular formula is C11H11ClFNO2. The van der Waals surface area contributed by atoms with Crippen LogP contribution in [0.1, 0.15) is 12.0 Å². The number of benzene rings is 1. The van der Waals surface area contributed by atoms with Crippen molar-refractivity contribution in [3.63, 3.8) is 0 Å². The topological polar surface area (TPSA) is 46.2 Å². The minimum absolute atomic E-state index is 0.0763.